The summed E-state index contributed by atoms with van der Waals surface area (Å²) in [6.45, 7) is 0.729. The van der Waals surface area contributed by atoms with Crippen LogP contribution in [-0.4, -0.2) is 26.8 Å². The Balaban J connectivity index is 1.82. The lowest BCUT2D eigenvalue weighted by molar-refractivity contribution is 0.593. The molecule has 0 saturated heterocycles. The van der Waals surface area contributed by atoms with Gasteiger partial charge in [-0.15, -0.1) is 0 Å². The van der Waals surface area contributed by atoms with E-state index < -0.39 is 10.0 Å². The van der Waals surface area contributed by atoms with Crippen LogP contribution in [0.4, 0.5) is 5.69 Å². The molecule has 19 heavy (non-hydrogen) atoms. The summed E-state index contributed by atoms with van der Waals surface area (Å²) in [6, 6.07) is 5.26. The SMILES string of the molecule is O=S(=O)(CCCNC1CC1)Nc1ccc(Cl)c(Cl)c1. The number of nitrogens with one attached hydrogen (secondary N) is 2. The van der Waals surface area contributed by atoms with Crippen LogP contribution >= 0.6 is 23.2 Å². The molecule has 1 saturated carbocycles. The van der Waals surface area contributed by atoms with E-state index in [2.05, 4.69) is 10.0 Å². The Labute approximate surface area is 123 Å². The number of hydrogen-bond acceptors (Lipinski definition) is 3. The van der Waals surface area contributed by atoms with Gasteiger partial charge in [-0.25, -0.2) is 8.42 Å². The Hall–Kier alpha value is -0.490. The first-order chi connectivity index (χ1) is 8.96. The van der Waals surface area contributed by atoms with Crippen molar-refractivity contribution in [3.05, 3.63) is 28.2 Å². The molecular weight excluding hydrogens is 307 g/mol. The second-order valence-corrected chi connectivity index (χ2v) is 7.29. The molecule has 106 valence electrons. The lowest BCUT2D eigenvalue weighted by atomic mass is 10.3. The molecule has 7 heteroatoms. The van der Waals surface area contributed by atoms with Crippen molar-refractivity contribution in [3.63, 3.8) is 0 Å². The summed E-state index contributed by atoms with van der Waals surface area (Å²) in [5.74, 6) is 0.0902. The molecule has 2 N–H and O–H groups in total. The minimum atomic E-state index is -3.33. The maximum atomic E-state index is 11.8. The zero-order valence-electron chi connectivity index (χ0n) is 10.3. The van der Waals surface area contributed by atoms with Gasteiger partial charge in [0.1, 0.15) is 0 Å². The summed E-state index contributed by atoms with van der Waals surface area (Å²) in [5.41, 5.74) is 0.435. The number of rotatable bonds is 7. The molecule has 1 aromatic rings. The van der Waals surface area contributed by atoms with Gasteiger partial charge in [0.15, 0.2) is 0 Å². The highest BCUT2D eigenvalue weighted by Crippen LogP contribution is 2.25. The van der Waals surface area contributed by atoms with Crippen LogP contribution in [0.2, 0.25) is 10.0 Å². The van der Waals surface area contributed by atoms with E-state index in [1.54, 1.807) is 12.1 Å². The molecular formula is C12H16Cl2N2O2S. The van der Waals surface area contributed by atoms with E-state index in [0.29, 0.717) is 28.2 Å². The molecule has 0 atom stereocenters. The van der Waals surface area contributed by atoms with E-state index in [1.807, 2.05) is 0 Å². The van der Waals surface area contributed by atoms with Crippen molar-refractivity contribution < 1.29 is 8.42 Å². The fourth-order valence-electron chi connectivity index (χ4n) is 1.65. The summed E-state index contributed by atoms with van der Waals surface area (Å²) < 4.78 is 26.2. The van der Waals surface area contributed by atoms with Gasteiger partial charge < -0.3 is 5.32 Å². The molecule has 4 nitrogen and oxygen atoms in total. The van der Waals surface area contributed by atoms with Crippen molar-refractivity contribution in [1.29, 1.82) is 0 Å². The molecule has 1 aliphatic carbocycles. The number of sulfonamides is 1. The highest BCUT2D eigenvalue weighted by atomic mass is 35.5. The van der Waals surface area contributed by atoms with Gasteiger partial charge in [0, 0.05) is 6.04 Å². The summed E-state index contributed by atoms with van der Waals surface area (Å²) in [6.07, 6.45) is 3.00. The normalized spacial score (nSPS) is 15.5. The molecule has 1 aliphatic rings. The van der Waals surface area contributed by atoms with Gasteiger partial charge >= 0.3 is 0 Å². The number of hydrogen-bond donors (Lipinski definition) is 2. The van der Waals surface area contributed by atoms with Crippen molar-refractivity contribution in [3.8, 4) is 0 Å². The second-order valence-electron chi connectivity index (χ2n) is 4.63. The zero-order valence-corrected chi connectivity index (χ0v) is 12.7. The van der Waals surface area contributed by atoms with Crippen molar-refractivity contribution >= 4 is 38.9 Å². The molecule has 0 radical (unpaired) electrons. The molecule has 1 aromatic carbocycles. The van der Waals surface area contributed by atoms with Crippen LogP contribution in [0, 0.1) is 0 Å². The first-order valence-corrected chi connectivity index (χ1v) is 8.56. The second kappa shape index (κ2) is 6.31. The van der Waals surface area contributed by atoms with Crippen LogP contribution in [0.15, 0.2) is 18.2 Å². The van der Waals surface area contributed by atoms with Gasteiger partial charge in [0.05, 0.1) is 21.5 Å². The third-order valence-electron chi connectivity index (χ3n) is 2.79. The fourth-order valence-corrected chi connectivity index (χ4v) is 3.06. The molecule has 0 aromatic heterocycles. The van der Waals surface area contributed by atoms with Crippen LogP contribution in [0.5, 0.6) is 0 Å². The lowest BCUT2D eigenvalue weighted by Gasteiger charge is -2.09. The lowest BCUT2D eigenvalue weighted by Crippen LogP contribution is -2.23. The van der Waals surface area contributed by atoms with E-state index in [4.69, 9.17) is 23.2 Å². The third-order valence-corrected chi connectivity index (χ3v) is 4.91. The van der Waals surface area contributed by atoms with Crippen molar-refractivity contribution in [1.82, 2.24) is 5.32 Å². The predicted molar refractivity (Wildman–Crippen MR) is 79.5 cm³/mol. The van der Waals surface area contributed by atoms with Crippen molar-refractivity contribution in [2.75, 3.05) is 17.0 Å². The minimum absolute atomic E-state index is 0.0902. The Morgan fingerprint density at radius 1 is 1.21 bits per heavy atom. The molecule has 0 spiro atoms. The van der Waals surface area contributed by atoms with Crippen LogP contribution in [0.1, 0.15) is 19.3 Å². The maximum Gasteiger partial charge on any atom is 0.232 e. The smallest absolute Gasteiger partial charge is 0.232 e. The number of benzene rings is 1. The first kappa shape index (κ1) is 14.9. The van der Waals surface area contributed by atoms with Crippen LogP contribution < -0.4 is 10.0 Å². The molecule has 0 heterocycles. The van der Waals surface area contributed by atoms with Crippen molar-refractivity contribution in [2.45, 2.75) is 25.3 Å². The van der Waals surface area contributed by atoms with Gasteiger partial charge in [0.2, 0.25) is 10.0 Å². The van der Waals surface area contributed by atoms with Gasteiger partial charge in [0.25, 0.3) is 0 Å². The molecule has 1 fully saturated rings. The summed E-state index contributed by atoms with van der Waals surface area (Å²) in [5, 5.41) is 4.01. The van der Waals surface area contributed by atoms with Crippen molar-refractivity contribution in [2.24, 2.45) is 0 Å². The highest BCUT2D eigenvalue weighted by Gasteiger charge is 2.20. The number of anilines is 1. The van der Waals surface area contributed by atoms with E-state index >= 15 is 0 Å². The monoisotopic (exact) mass is 322 g/mol. The van der Waals surface area contributed by atoms with E-state index in [0.717, 1.165) is 6.54 Å². The third kappa shape index (κ3) is 5.18. The minimum Gasteiger partial charge on any atom is -0.314 e. The van der Waals surface area contributed by atoms with Gasteiger partial charge in [-0.2, -0.15) is 0 Å². The molecule has 0 aliphatic heterocycles. The average molecular weight is 323 g/mol. The van der Waals surface area contributed by atoms with E-state index in [1.165, 1.54) is 18.9 Å². The summed E-state index contributed by atoms with van der Waals surface area (Å²) >= 11 is 11.6. The quantitative estimate of drug-likeness (QED) is 0.759. The van der Waals surface area contributed by atoms with Gasteiger partial charge in [-0.05, 0) is 44.0 Å². The topological polar surface area (TPSA) is 58.2 Å². The Morgan fingerprint density at radius 3 is 2.58 bits per heavy atom. The maximum absolute atomic E-state index is 11.8. The molecule has 0 amide bonds. The fraction of sp³-hybridized carbons (Fsp3) is 0.500. The zero-order chi connectivity index (χ0) is 13.9. The van der Waals surface area contributed by atoms with Crippen LogP contribution in [0.25, 0.3) is 0 Å². The van der Waals surface area contributed by atoms with E-state index in [-0.39, 0.29) is 5.75 Å². The van der Waals surface area contributed by atoms with Crippen LogP contribution in [0.3, 0.4) is 0 Å². The standard InChI is InChI=1S/C12H16Cl2N2O2S/c13-11-5-4-10(8-12(11)14)16-19(17,18)7-1-6-15-9-2-3-9/h4-5,8-9,15-16H,1-3,6-7H2. The highest BCUT2D eigenvalue weighted by molar-refractivity contribution is 7.92. The number of halogens is 2. The Morgan fingerprint density at radius 2 is 1.95 bits per heavy atom. The van der Waals surface area contributed by atoms with Crippen LogP contribution in [-0.2, 0) is 10.0 Å². The molecule has 0 bridgehead atoms. The van der Waals surface area contributed by atoms with E-state index in [9.17, 15) is 8.42 Å². The average Bonchev–Trinajstić information content (AvgIpc) is 3.13. The van der Waals surface area contributed by atoms with Gasteiger partial charge in [-0.3, -0.25) is 4.72 Å². The largest absolute Gasteiger partial charge is 0.314 e. The molecule has 2 rings (SSSR count). The van der Waals surface area contributed by atoms with Gasteiger partial charge in [-0.1, -0.05) is 23.2 Å². The Bertz CT molecular complexity index is 545. The predicted octanol–water partition coefficient (Wildman–Crippen LogP) is 2.88. The molecule has 0 unspecified atom stereocenters. The summed E-state index contributed by atoms with van der Waals surface area (Å²) in [4.78, 5) is 0. The first-order valence-electron chi connectivity index (χ1n) is 6.15. The Kier molecular flexibility index (Phi) is 4.95. The summed E-state index contributed by atoms with van der Waals surface area (Å²) in [7, 11) is -3.33.